The number of fused-ring (bicyclic) bond motifs is 2. The van der Waals surface area contributed by atoms with E-state index in [-0.39, 0.29) is 62.8 Å². The summed E-state index contributed by atoms with van der Waals surface area (Å²) in [4.78, 5) is 44.4. The molecule has 4 aliphatic heterocycles. The molecule has 420 valence electrons. The zero-order valence-corrected chi connectivity index (χ0v) is 46.9. The lowest BCUT2D eigenvalue weighted by Crippen LogP contribution is -2.56. The van der Waals surface area contributed by atoms with Crippen LogP contribution in [0.5, 0.6) is 11.5 Å². The lowest BCUT2D eigenvalue weighted by Gasteiger charge is -2.46. The lowest BCUT2D eigenvalue weighted by molar-refractivity contribution is -0.259. The van der Waals surface area contributed by atoms with Gasteiger partial charge < -0.3 is 63.6 Å². The van der Waals surface area contributed by atoms with Gasteiger partial charge in [0.25, 0.3) is 0 Å². The summed E-state index contributed by atoms with van der Waals surface area (Å²) in [6, 6.07) is 1.44. The average Bonchev–Trinajstić information content (AvgIpc) is 3.35. The highest BCUT2D eigenvalue weighted by atomic mass is 16.7. The number of carbonyl (C=O) groups excluding carboxylic acids is 3. The highest BCUT2D eigenvalue weighted by Gasteiger charge is 2.49. The Morgan fingerprint density at radius 3 is 2.32 bits per heavy atom. The number of aliphatic hydroxyl groups is 4. The molecule has 4 aliphatic rings. The van der Waals surface area contributed by atoms with Crippen molar-refractivity contribution in [3.63, 3.8) is 0 Å². The molecule has 5 N–H and O–H groups in total. The Balaban J connectivity index is 1.58. The number of likely N-dealkylation sites (N-methyl/N-ethyl adjacent to an activating group) is 1. The van der Waals surface area contributed by atoms with Crippen molar-refractivity contribution in [2.75, 3.05) is 53.6 Å². The van der Waals surface area contributed by atoms with Gasteiger partial charge in [-0.2, -0.15) is 0 Å². The SMILES string of the molecule is CC/C(=C\CCC(=O)OC1=CC(C)(CCC=C(C)C)Oc2c1cc1c(c2CC=C(C)C)OC(CC(C)(C)OC(C)(C/C=C(/C)C(=O)OC)C(O)CNC)C(C(C)N2CCOCC2)C1=O)O[C@@H]1O[C@H](CO)C[C@@H](O)[C@H]1O. The van der Waals surface area contributed by atoms with Gasteiger partial charge in [-0.05, 0) is 121 Å². The first-order valence-corrected chi connectivity index (χ1v) is 26.8. The molecular weight excluding hydrogens is 965 g/mol. The van der Waals surface area contributed by atoms with Crippen LogP contribution in [0.15, 0.2) is 58.9 Å². The maximum absolute atomic E-state index is 15.7. The molecule has 75 heavy (non-hydrogen) atoms. The zero-order chi connectivity index (χ0) is 55.4. The lowest BCUT2D eigenvalue weighted by atomic mass is 9.77. The molecule has 0 amide bonds. The van der Waals surface area contributed by atoms with Gasteiger partial charge in [0.1, 0.15) is 35.1 Å². The first kappa shape index (κ1) is 61.4. The number of methoxy groups -OCH3 is 1. The summed E-state index contributed by atoms with van der Waals surface area (Å²) in [5.41, 5.74) is 0.852. The number of benzene rings is 1. The van der Waals surface area contributed by atoms with Crippen molar-refractivity contribution in [3.8, 4) is 11.5 Å². The molecule has 0 saturated carbocycles. The van der Waals surface area contributed by atoms with Crippen LogP contribution >= 0.6 is 0 Å². The quantitative estimate of drug-likeness (QED) is 0.0283. The van der Waals surface area contributed by atoms with Crippen molar-refractivity contribution >= 4 is 23.5 Å². The Labute approximate surface area is 445 Å². The molecule has 0 aromatic heterocycles. The standard InChI is InChI=1S/C58H88N2O15/c1-14-39(70-55-51(66)44(62)29-40(34-61)71-55)18-15-19-48(64)72-45-32-57(10,23-16-17-35(2)3)74-53-41(21-20-36(4)5)52-43(30-42(45)53)50(65)49(38(7)60-25-27-69-28-26-60)46(73-52)31-56(8,9)75-58(11,47(63)33-59-12)24-22-37(6)54(67)68-13/h17-18,20,22,30,32,38,40,44,46-47,49,51,55,59,61-63,66H,14-16,19,21,23-29,31,33-34H2,1-13H3/b37-22-,39-18+/t38?,40-,44+,46?,47?,49?,51+,55+,57?,58?/m0/s1. The van der Waals surface area contributed by atoms with Gasteiger partial charge >= 0.3 is 11.9 Å². The molecule has 1 aromatic rings. The van der Waals surface area contributed by atoms with E-state index in [2.05, 4.69) is 22.4 Å². The molecule has 4 heterocycles. The normalized spacial score (nSPS) is 26.0. The molecule has 0 spiro atoms. The summed E-state index contributed by atoms with van der Waals surface area (Å²) in [6.45, 7) is 23.4. The number of hydrogen-bond donors (Lipinski definition) is 5. The van der Waals surface area contributed by atoms with Crippen LogP contribution in [-0.2, 0) is 44.4 Å². The molecule has 5 rings (SSSR count). The van der Waals surface area contributed by atoms with E-state index in [1.54, 1.807) is 32.2 Å². The van der Waals surface area contributed by atoms with Gasteiger partial charge in [0.05, 0.1) is 79.2 Å². The Morgan fingerprint density at radius 2 is 1.69 bits per heavy atom. The molecule has 0 bridgehead atoms. The van der Waals surface area contributed by atoms with Crippen LogP contribution < -0.4 is 14.8 Å². The predicted octanol–water partition coefficient (Wildman–Crippen LogP) is 7.21. The van der Waals surface area contributed by atoms with E-state index in [1.165, 1.54) is 7.11 Å². The Kier molecular flexibility index (Phi) is 22.3. The molecular formula is C58H88N2O15. The maximum Gasteiger partial charge on any atom is 0.333 e. The first-order chi connectivity index (χ1) is 35.4. The number of allylic oxidation sites excluding steroid dienone is 6. The fraction of sp³-hybridized carbons (Fsp3) is 0.672. The second kappa shape index (κ2) is 27.2. The van der Waals surface area contributed by atoms with Crippen LogP contribution in [0.25, 0.3) is 5.76 Å². The number of ether oxygens (including phenoxy) is 8. The molecule has 2 saturated heterocycles. The topological polar surface area (TPSA) is 221 Å². The van der Waals surface area contributed by atoms with E-state index >= 15 is 4.79 Å². The number of aliphatic hydroxyl groups excluding tert-OH is 4. The van der Waals surface area contributed by atoms with Crippen molar-refractivity contribution in [3.05, 3.63) is 75.6 Å². The monoisotopic (exact) mass is 1050 g/mol. The first-order valence-electron chi connectivity index (χ1n) is 26.8. The number of rotatable bonds is 25. The maximum atomic E-state index is 15.7. The number of carbonyl (C=O) groups is 3. The molecule has 17 heteroatoms. The Bertz CT molecular complexity index is 2290. The second-order valence-corrected chi connectivity index (χ2v) is 22.1. The van der Waals surface area contributed by atoms with E-state index in [4.69, 9.17) is 37.9 Å². The molecule has 17 nitrogen and oxygen atoms in total. The van der Waals surface area contributed by atoms with Crippen molar-refractivity contribution < 1.29 is 72.7 Å². The number of esters is 2. The van der Waals surface area contributed by atoms with Crippen LogP contribution in [0, 0.1) is 5.92 Å². The van der Waals surface area contributed by atoms with E-state index < -0.39 is 71.5 Å². The Hall–Kier alpha value is -4.43. The van der Waals surface area contributed by atoms with Crippen molar-refractivity contribution in [1.29, 1.82) is 0 Å². The number of nitrogens with one attached hydrogen (secondary N) is 1. The van der Waals surface area contributed by atoms with Crippen LogP contribution in [-0.4, -0.2) is 156 Å². The predicted molar refractivity (Wildman–Crippen MR) is 285 cm³/mol. The van der Waals surface area contributed by atoms with E-state index in [0.717, 1.165) is 11.1 Å². The summed E-state index contributed by atoms with van der Waals surface area (Å²) < 4.78 is 50.0. The van der Waals surface area contributed by atoms with Crippen molar-refractivity contribution in [2.24, 2.45) is 5.92 Å². The van der Waals surface area contributed by atoms with Gasteiger partial charge in [-0.15, -0.1) is 0 Å². The van der Waals surface area contributed by atoms with Gasteiger partial charge in [0.15, 0.2) is 5.78 Å². The van der Waals surface area contributed by atoms with Crippen LogP contribution in [0.3, 0.4) is 0 Å². The molecule has 6 unspecified atom stereocenters. The third-order valence-electron chi connectivity index (χ3n) is 14.5. The van der Waals surface area contributed by atoms with Crippen molar-refractivity contribution in [1.82, 2.24) is 10.2 Å². The zero-order valence-electron chi connectivity index (χ0n) is 46.9. The number of morpholine rings is 1. The second-order valence-electron chi connectivity index (χ2n) is 22.1. The van der Waals surface area contributed by atoms with E-state index in [1.807, 2.05) is 75.3 Å². The minimum absolute atomic E-state index is 0.0483. The Morgan fingerprint density at radius 1 is 1.00 bits per heavy atom. The summed E-state index contributed by atoms with van der Waals surface area (Å²) in [5.74, 6) is -0.319. The summed E-state index contributed by atoms with van der Waals surface area (Å²) in [5, 5.41) is 45.2. The fourth-order valence-corrected chi connectivity index (χ4v) is 10.3. The summed E-state index contributed by atoms with van der Waals surface area (Å²) >= 11 is 0. The third kappa shape index (κ3) is 16.3. The number of nitrogens with zero attached hydrogens (tertiary/aromatic N) is 1. The third-order valence-corrected chi connectivity index (χ3v) is 14.5. The molecule has 0 aliphatic carbocycles. The van der Waals surface area contributed by atoms with Crippen LogP contribution in [0.2, 0.25) is 0 Å². The van der Waals surface area contributed by atoms with Gasteiger partial charge in [-0.1, -0.05) is 36.3 Å². The molecule has 2 fully saturated rings. The largest absolute Gasteiger partial charge is 0.488 e. The summed E-state index contributed by atoms with van der Waals surface area (Å²) in [6.07, 6.45) is 6.01. The number of Topliss-reactive ketones (excluding diaryl/α,β-unsaturated/α-hetero) is 1. The van der Waals surface area contributed by atoms with Gasteiger partial charge in [0.2, 0.25) is 6.29 Å². The fourth-order valence-electron chi connectivity index (χ4n) is 10.3. The molecule has 10 atom stereocenters. The molecule has 1 aromatic carbocycles. The van der Waals surface area contributed by atoms with Crippen LogP contribution in [0.4, 0.5) is 0 Å². The van der Waals surface area contributed by atoms with Crippen molar-refractivity contribution in [2.45, 2.75) is 194 Å². The van der Waals surface area contributed by atoms with Gasteiger partial charge in [-0.3, -0.25) is 14.5 Å². The van der Waals surface area contributed by atoms with Crippen LogP contribution in [0.1, 0.15) is 149 Å². The van der Waals surface area contributed by atoms with Gasteiger partial charge in [0, 0.05) is 68.6 Å². The number of hydrogen-bond acceptors (Lipinski definition) is 17. The minimum atomic E-state index is -1.32. The minimum Gasteiger partial charge on any atom is -0.488 e. The highest BCUT2D eigenvalue weighted by Crippen LogP contribution is 2.50. The molecule has 0 radical (unpaired) electrons. The number of ketones is 1. The smallest absolute Gasteiger partial charge is 0.333 e. The summed E-state index contributed by atoms with van der Waals surface area (Å²) in [7, 11) is 3.07. The average molecular weight is 1050 g/mol. The van der Waals surface area contributed by atoms with E-state index in [9.17, 15) is 30.0 Å². The van der Waals surface area contributed by atoms with Gasteiger partial charge in [-0.25, -0.2) is 4.79 Å². The highest BCUT2D eigenvalue weighted by molar-refractivity contribution is 6.04. The van der Waals surface area contributed by atoms with E-state index in [0.29, 0.717) is 91.5 Å².